The van der Waals surface area contributed by atoms with Gasteiger partial charge < -0.3 is 5.32 Å². The predicted molar refractivity (Wildman–Crippen MR) is 85.8 cm³/mol. The first kappa shape index (κ1) is 13.3. The van der Waals surface area contributed by atoms with Crippen LogP contribution in [0.4, 0.5) is 0 Å². The lowest BCUT2D eigenvalue weighted by Crippen LogP contribution is -2.41. The van der Waals surface area contributed by atoms with Crippen LogP contribution in [-0.2, 0) is 0 Å². The van der Waals surface area contributed by atoms with Gasteiger partial charge in [-0.1, -0.05) is 34.1 Å². The molecule has 1 aliphatic carbocycles. The number of rotatable bonds is 4. The SMILES string of the molecule is C[C@@H](NC1CC(c2ccc(Br)cc2)C1)c1cccs1. The molecule has 3 rings (SSSR count). The van der Waals surface area contributed by atoms with E-state index in [2.05, 4.69) is 69.9 Å². The second-order valence-corrected chi connectivity index (χ2v) is 7.22. The molecule has 1 saturated carbocycles. The van der Waals surface area contributed by atoms with Crippen LogP contribution in [0.3, 0.4) is 0 Å². The monoisotopic (exact) mass is 335 g/mol. The Hall–Kier alpha value is -0.640. The summed E-state index contributed by atoms with van der Waals surface area (Å²) >= 11 is 5.33. The standard InChI is InChI=1S/C16H18BrNS/c1-11(16-3-2-8-19-16)18-15-9-13(10-15)12-4-6-14(17)7-5-12/h2-8,11,13,15,18H,9-10H2,1H3/t11-,13?,15?/m1/s1. The van der Waals surface area contributed by atoms with E-state index in [1.807, 2.05) is 11.3 Å². The first-order chi connectivity index (χ1) is 9.22. The molecule has 2 aromatic rings. The maximum absolute atomic E-state index is 3.73. The van der Waals surface area contributed by atoms with Crippen LogP contribution in [0, 0.1) is 0 Å². The fourth-order valence-corrected chi connectivity index (χ4v) is 3.74. The highest BCUT2D eigenvalue weighted by Gasteiger charge is 2.31. The van der Waals surface area contributed by atoms with Crippen molar-refractivity contribution in [3.05, 3.63) is 56.7 Å². The molecule has 1 aromatic carbocycles. The quantitative estimate of drug-likeness (QED) is 0.818. The minimum atomic E-state index is 0.482. The van der Waals surface area contributed by atoms with Crippen molar-refractivity contribution in [2.75, 3.05) is 0 Å². The van der Waals surface area contributed by atoms with Gasteiger partial charge in [0.2, 0.25) is 0 Å². The Balaban J connectivity index is 1.51. The van der Waals surface area contributed by atoms with Crippen molar-refractivity contribution < 1.29 is 0 Å². The van der Waals surface area contributed by atoms with Gasteiger partial charge in [-0.2, -0.15) is 0 Å². The van der Waals surface area contributed by atoms with E-state index in [0.717, 1.165) is 10.4 Å². The number of benzene rings is 1. The van der Waals surface area contributed by atoms with Crippen LogP contribution in [-0.4, -0.2) is 6.04 Å². The van der Waals surface area contributed by atoms with Crippen molar-refractivity contribution in [2.45, 2.75) is 37.8 Å². The fraction of sp³-hybridized carbons (Fsp3) is 0.375. The molecule has 1 aliphatic rings. The molecule has 1 nitrogen and oxygen atoms in total. The van der Waals surface area contributed by atoms with E-state index in [4.69, 9.17) is 0 Å². The molecule has 19 heavy (non-hydrogen) atoms. The lowest BCUT2D eigenvalue weighted by Gasteiger charge is -2.38. The van der Waals surface area contributed by atoms with Crippen LogP contribution in [0.1, 0.15) is 42.2 Å². The summed E-state index contributed by atoms with van der Waals surface area (Å²) in [4.78, 5) is 1.44. The van der Waals surface area contributed by atoms with E-state index in [-0.39, 0.29) is 0 Å². The summed E-state index contributed by atoms with van der Waals surface area (Å²) in [6.07, 6.45) is 2.52. The Morgan fingerprint density at radius 1 is 1.21 bits per heavy atom. The Bertz CT molecular complexity index is 514. The fourth-order valence-electron chi connectivity index (χ4n) is 2.73. The van der Waals surface area contributed by atoms with Crippen LogP contribution in [0.25, 0.3) is 0 Å². The number of hydrogen-bond donors (Lipinski definition) is 1. The van der Waals surface area contributed by atoms with Gasteiger partial charge in [0.1, 0.15) is 0 Å². The van der Waals surface area contributed by atoms with Crippen LogP contribution in [0.5, 0.6) is 0 Å². The Morgan fingerprint density at radius 2 is 1.95 bits per heavy atom. The lowest BCUT2D eigenvalue weighted by molar-refractivity contribution is 0.272. The van der Waals surface area contributed by atoms with Crippen LogP contribution in [0.15, 0.2) is 46.3 Å². The van der Waals surface area contributed by atoms with Gasteiger partial charge in [-0.05, 0) is 54.8 Å². The zero-order valence-electron chi connectivity index (χ0n) is 11.0. The highest BCUT2D eigenvalue weighted by Crippen LogP contribution is 2.38. The van der Waals surface area contributed by atoms with E-state index >= 15 is 0 Å². The normalized spacial score (nSPS) is 23.9. The van der Waals surface area contributed by atoms with Crippen LogP contribution >= 0.6 is 27.3 Å². The minimum absolute atomic E-state index is 0.482. The molecule has 0 unspecified atom stereocenters. The summed E-state index contributed by atoms with van der Waals surface area (Å²) in [5, 5.41) is 5.88. The second-order valence-electron chi connectivity index (χ2n) is 5.32. The summed E-state index contributed by atoms with van der Waals surface area (Å²) in [5.41, 5.74) is 1.48. The lowest BCUT2D eigenvalue weighted by atomic mass is 9.75. The average Bonchev–Trinajstić information content (AvgIpc) is 2.88. The van der Waals surface area contributed by atoms with E-state index < -0.39 is 0 Å². The van der Waals surface area contributed by atoms with Gasteiger partial charge >= 0.3 is 0 Å². The molecule has 0 spiro atoms. The molecule has 1 fully saturated rings. The predicted octanol–water partition coefficient (Wildman–Crippen LogP) is 5.11. The van der Waals surface area contributed by atoms with Gasteiger partial charge in [0.05, 0.1) is 0 Å². The van der Waals surface area contributed by atoms with Gasteiger partial charge in [0.25, 0.3) is 0 Å². The Morgan fingerprint density at radius 3 is 2.58 bits per heavy atom. The molecular formula is C16H18BrNS. The third kappa shape index (κ3) is 3.10. The van der Waals surface area contributed by atoms with Crippen molar-refractivity contribution >= 4 is 27.3 Å². The molecule has 0 radical (unpaired) electrons. The zero-order valence-corrected chi connectivity index (χ0v) is 13.4. The van der Waals surface area contributed by atoms with Crippen molar-refractivity contribution in [2.24, 2.45) is 0 Å². The highest BCUT2D eigenvalue weighted by molar-refractivity contribution is 9.10. The number of halogens is 1. The van der Waals surface area contributed by atoms with Crippen molar-refractivity contribution in [3.8, 4) is 0 Å². The second kappa shape index (κ2) is 5.78. The molecule has 0 bridgehead atoms. The van der Waals surface area contributed by atoms with Crippen LogP contribution in [0.2, 0.25) is 0 Å². The molecule has 3 heteroatoms. The summed E-state index contributed by atoms with van der Waals surface area (Å²) < 4.78 is 1.16. The Kier molecular flexibility index (Phi) is 4.06. The van der Waals surface area contributed by atoms with E-state index in [9.17, 15) is 0 Å². The van der Waals surface area contributed by atoms with Gasteiger partial charge in [-0.15, -0.1) is 11.3 Å². The molecule has 0 aliphatic heterocycles. The zero-order chi connectivity index (χ0) is 13.2. The molecular weight excluding hydrogens is 318 g/mol. The molecule has 0 saturated heterocycles. The topological polar surface area (TPSA) is 12.0 Å². The molecule has 100 valence electrons. The third-order valence-electron chi connectivity index (χ3n) is 3.94. The summed E-state index contributed by atoms with van der Waals surface area (Å²) in [6.45, 7) is 2.26. The third-order valence-corrected chi connectivity index (χ3v) is 5.52. The number of hydrogen-bond acceptors (Lipinski definition) is 2. The molecule has 1 N–H and O–H groups in total. The summed E-state index contributed by atoms with van der Waals surface area (Å²) in [5.74, 6) is 0.737. The summed E-state index contributed by atoms with van der Waals surface area (Å²) in [6, 6.07) is 14.3. The van der Waals surface area contributed by atoms with Gasteiger partial charge in [0.15, 0.2) is 0 Å². The van der Waals surface area contributed by atoms with Crippen molar-refractivity contribution in [3.63, 3.8) is 0 Å². The molecule has 1 heterocycles. The van der Waals surface area contributed by atoms with Crippen molar-refractivity contribution in [1.82, 2.24) is 5.32 Å². The molecule has 0 amide bonds. The smallest absolute Gasteiger partial charge is 0.0388 e. The number of nitrogens with one attached hydrogen (secondary N) is 1. The van der Waals surface area contributed by atoms with Gasteiger partial charge in [-0.25, -0.2) is 0 Å². The first-order valence-corrected chi connectivity index (χ1v) is 8.44. The van der Waals surface area contributed by atoms with Gasteiger partial charge in [0, 0.05) is 21.4 Å². The van der Waals surface area contributed by atoms with Crippen molar-refractivity contribution in [1.29, 1.82) is 0 Å². The van der Waals surface area contributed by atoms with Gasteiger partial charge in [-0.3, -0.25) is 0 Å². The molecule has 1 atom stereocenters. The highest BCUT2D eigenvalue weighted by atomic mass is 79.9. The largest absolute Gasteiger partial charge is 0.307 e. The number of thiophene rings is 1. The van der Waals surface area contributed by atoms with E-state index in [0.29, 0.717) is 12.1 Å². The summed E-state index contributed by atoms with van der Waals surface area (Å²) in [7, 11) is 0. The maximum atomic E-state index is 3.73. The maximum Gasteiger partial charge on any atom is 0.0388 e. The molecule has 1 aromatic heterocycles. The van der Waals surface area contributed by atoms with Crippen LogP contribution < -0.4 is 5.32 Å². The van der Waals surface area contributed by atoms with E-state index in [1.54, 1.807) is 0 Å². The van der Waals surface area contributed by atoms with E-state index in [1.165, 1.54) is 23.3 Å². The average molecular weight is 336 g/mol. The minimum Gasteiger partial charge on any atom is -0.307 e. The Labute approximate surface area is 127 Å². The first-order valence-electron chi connectivity index (χ1n) is 6.77.